The Hall–Kier alpha value is -2.67. The minimum Gasteiger partial charge on any atom is -0.465 e. The second kappa shape index (κ2) is 7.48. The highest BCUT2D eigenvalue weighted by atomic mass is 32.2. The molecule has 25 heavy (non-hydrogen) atoms. The Bertz CT molecular complexity index is 886. The van der Waals surface area contributed by atoms with E-state index in [0.717, 1.165) is 0 Å². The van der Waals surface area contributed by atoms with Crippen LogP contribution in [-0.2, 0) is 14.6 Å². The van der Waals surface area contributed by atoms with Crippen molar-refractivity contribution in [3.63, 3.8) is 0 Å². The van der Waals surface area contributed by atoms with Gasteiger partial charge in [-0.05, 0) is 56.3 Å². The lowest BCUT2D eigenvalue weighted by atomic mass is 10.1. The van der Waals surface area contributed by atoms with Gasteiger partial charge in [0.05, 0.1) is 22.8 Å². The van der Waals surface area contributed by atoms with E-state index in [1.807, 2.05) is 0 Å². The zero-order chi connectivity index (χ0) is 18.6. The number of carbonyl (C=O) groups excluding carboxylic acids is 2. The van der Waals surface area contributed by atoms with Crippen LogP contribution in [0.4, 0.5) is 5.69 Å². The number of carbonyl (C=O) groups is 2. The molecule has 0 spiro atoms. The maximum absolute atomic E-state index is 12.3. The minimum atomic E-state index is -3.38. The number of rotatable bonds is 5. The normalized spacial score (nSPS) is 11.2. The van der Waals surface area contributed by atoms with Gasteiger partial charge in [0.25, 0.3) is 5.91 Å². The van der Waals surface area contributed by atoms with Crippen molar-refractivity contribution in [1.29, 1.82) is 0 Å². The molecule has 132 valence electrons. The highest BCUT2D eigenvalue weighted by Crippen LogP contribution is 2.18. The molecule has 1 N–H and O–H groups in total. The first kappa shape index (κ1) is 18.7. The van der Waals surface area contributed by atoms with E-state index in [4.69, 9.17) is 0 Å². The van der Waals surface area contributed by atoms with Crippen molar-refractivity contribution in [3.05, 3.63) is 59.7 Å². The summed E-state index contributed by atoms with van der Waals surface area (Å²) in [5.41, 5.74) is 1.07. The Labute approximate surface area is 146 Å². The standard InChI is InChI=1S/C18H19NO5S/c1-12(2)25(22,23)16-9-7-13(8-10-16)17(20)19-15-6-4-5-14(11-15)18(21)24-3/h4-12H,1-3H3,(H,19,20). The molecule has 0 heterocycles. The topological polar surface area (TPSA) is 89.5 Å². The fourth-order valence-corrected chi connectivity index (χ4v) is 3.17. The molecule has 0 fully saturated rings. The van der Waals surface area contributed by atoms with Crippen molar-refractivity contribution < 1.29 is 22.7 Å². The van der Waals surface area contributed by atoms with Crippen molar-refractivity contribution in [2.45, 2.75) is 24.0 Å². The largest absolute Gasteiger partial charge is 0.465 e. The van der Waals surface area contributed by atoms with Crippen LogP contribution in [0, 0.1) is 0 Å². The predicted octanol–water partition coefficient (Wildman–Crippen LogP) is 2.91. The maximum atomic E-state index is 12.3. The molecular weight excluding hydrogens is 342 g/mol. The van der Waals surface area contributed by atoms with Crippen LogP contribution in [0.25, 0.3) is 0 Å². The van der Waals surface area contributed by atoms with E-state index in [1.54, 1.807) is 32.0 Å². The number of amides is 1. The quantitative estimate of drug-likeness (QED) is 0.827. The second-order valence-corrected chi connectivity index (χ2v) is 8.15. The van der Waals surface area contributed by atoms with Crippen molar-refractivity contribution in [2.75, 3.05) is 12.4 Å². The lowest BCUT2D eigenvalue weighted by Crippen LogP contribution is -2.15. The molecule has 0 aliphatic heterocycles. The molecule has 2 rings (SSSR count). The number of hydrogen-bond acceptors (Lipinski definition) is 5. The SMILES string of the molecule is COC(=O)c1cccc(NC(=O)c2ccc(S(=O)(=O)C(C)C)cc2)c1. The van der Waals surface area contributed by atoms with Crippen LogP contribution in [0.3, 0.4) is 0 Å². The highest BCUT2D eigenvalue weighted by Gasteiger charge is 2.19. The molecule has 7 heteroatoms. The number of nitrogens with one attached hydrogen (secondary N) is 1. The molecule has 0 aliphatic carbocycles. The second-order valence-electron chi connectivity index (χ2n) is 5.64. The Balaban J connectivity index is 2.18. The summed E-state index contributed by atoms with van der Waals surface area (Å²) in [7, 11) is -2.10. The van der Waals surface area contributed by atoms with E-state index < -0.39 is 27.0 Å². The molecule has 0 radical (unpaired) electrons. The van der Waals surface area contributed by atoms with E-state index in [2.05, 4.69) is 10.1 Å². The highest BCUT2D eigenvalue weighted by molar-refractivity contribution is 7.92. The van der Waals surface area contributed by atoms with Gasteiger partial charge in [-0.1, -0.05) is 6.07 Å². The number of esters is 1. The lowest BCUT2D eigenvalue weighted by Gasteiger charge is -2.09. The van der Waals surface area contributed by atoms with Crippen molar-refractivity contribution in [2.24, 2.45) is 0 Å². The van der Waals surface area contributed by atoms with Crippen molar-refractivity contribution in [3.8, 4) is 0 Å². The third kappa shape index (κ3) is 4.24. The number of ether oxygens (including phenoxy) is 1. The Morgan fingerprint density at radius 1 is 1.00 bits per heavy atom. The zero-order valence-corrected chi connectivity index (χ0v) is 15.0. The van der Waals surface area contributed by atoms with Crippen LogP contribution >= 0.6 is 0 Å². The van der Waals surface area contributed by atoms with Crippen LogP contribution in [0.2, 0.25) is 0 Å². The van der Waals surface area contributed by atoms with Gasteiger partial charge in [0.2, 0.25) is 0 Å². The molecule has 1 amide bonds. The molecule has 2 aromatic rings. The Morgan fingerprint density at radius 3 is 2.20 bits per heavy atom. The molecule has 0 aliphatic rings. The number of benzene rings is 2. The molecule has 0 bridgehead atoms. The van der Waals surface area contributed by atoms with Gasteiger partial charge in [-0.15, -0.1) is 0 Å². The summed E-state index contributed by atoms with van der Waals surface area (Å²) in [5.74, 6) is -0.908. The average Bonchev–Trinajstić information content (AvgIpc) is 2.61. The molecular formula is C18H19NO5S. The van der Waals surface area contributed by atoms with E-state index in [-0.39, 0.29) is 4.90 Å². The van der Waals surface area contributed by atoms with Gasteiger partial charge in [0.1, 0.15) is 0 Å². The fourth-order valence-electron chi connectivity index (χ4n) is 2.11. The summed E-state index contributed by atoms with van der Waals surface area (Å²) in [4.78, 5) is 24.0. The monoisotopic (exact) mass is 361 g/mol. The lowest BCUT2D eigenvalue weighted by molar-refractivity contribution is 0.0600. The molecule has 6 nitrogen and oxygen atoms in total. The fraction of sp³-hybridized carbons (Fsp3) is 0.222. The van der Waals surface area contributed by atoms with Crippen LogP contribution in [-0.4, -0.2) is 32.7 Å². The molecule has 0 atom stereocenters. The van der Waals surface area contributed by atoms with Gasteiger partial charge >= 0.3 is 5.97 Å². The van der Waals surface area contributed by atoms with Crippen LogP contribution in [0.5, 0.6) is 0 Å². The van der Waals surface area contributed by atoms with Gasteiger partial charge in [-0.3, -0.25) is 4.79 Å². The van der Waals surface area contributed by atoms with E-state index in [1.165, 1.54) is 37.4 Å². The van der Waals surface area contributed by atoms with Gasteiger partial charge in [0.15, 0.2) is 9.84 Å². The first-order valence-corrected chi connectivity index (χ1v) is 9.14. The maximum Gasteiger partial charge on any atom is 0.337 e. The summed E-state index contributed by atoms with van der Waals surface area (Å²) < 4.78 is 28.8. The Kier molecular flexibility index (Phi) is 5.58. The van der Waals surface area contributed by atoms with Crippen LogP contribution in [0.15, 0.2) is 53.4 Å². The van der Waals surface area contributed by atoms with Gasteiger partial charge in [-0.25, -0.2) is 13.2 Å². The van der Waals surface area contributed by atoms with Crippen molar-refractivity contribution in [1.82, 2.24) is 0 Å². The minimum absolute atomic E-state index is 0.173. The van der Waals surface area contributed by atoms with E-state index in [9.17, 15) is 18.0 Å². The van der Waals surface area contributed by atoms with E-state index >= 15 is 0 Å². The Morgan fingerprint density at radius 2 is 1.64 bits per heavy atom. The summed E-state index contributed by atoms with van der Waals surface area (Å²) >= 11 is 0. The third-order valence-corrected chi connectivity index (χ3v) is 5.78. The smallest absolute Gasteiger partial charge is 0.337 e. The van der Waals surface area contributed by atoms with Gasteiger partial charge in [0, 0.05) is 11.3 Å². The number of anilines is 1. The summed E-state index contributed by atoms with van der Waals surface area (Å²) in [6.07, 6.45) is 0. The molecule has 0 aromatic heterocycles. The summed E-state index contributed by atoms with van der Waals surface area (Å²) in [6.45, 7) is 3.20. The summed E-state index contributed by atoms with van der Waals surface area (Å²) in [6, 6.07) is 12.1. The predicted molar refractivity (Wildman–Crippen MR) is 94.5 cm³/mol. The average molecular weight is 361 g/mol. The zero-order valence-electron chi connectivity index (χ0n) is 14.1. The molecule has 2 aromatic carbocycles. The molecule has 0 unspecified atom stereocenters. The molecule has 0 saturated heterocycles. The van der Waals surface area contributed by atoms with Gasteiger partial charge < -0.3 is 10.1 Å². The van der Waals surface area contributed by atoms with Crippen LogP contribution in [0.1, 0.15) is 34.6 Å². The number of hydrogen-bond donors (Lipinski definition) is 1. The van der Waals surface area contributed by atoms with Crippen molar-refractivity contribution >= 4 is 27.4 Å². The van der Waals surface area contributed by atoms with Crippen LogP contribution < -0.4 is 5.32 Å². The first-order chi connectivity index (χ1) is 11.8. The molecule has 0 saturated carbocycles. The number of methoxy groups -OCH3 is 1. The van der Waals surface area contributed by atoms with E-state index in [0.29, 0.717) is 16.8 Å². The first-order valence-electron chi connectivity index (χ1n) is 7.59. The van der Waals surface area contributed by atoms with Gasteiger partial charge in [-0.2, -0.15) is 0 Å². The number of sulfone groups is 1. The summed E-state index contributed by atoms with van der Waals surface area (Å²) in [5, 5.41) is 2.13. The third-order valence-electron chi connectivity index (χ3n) is 3.61.